The summed E-state index contributed by atoms with van der Waals surface area (Å²) in [6, 6.07) is 12.8. The Morgan fingerprint density at radius 2 is 1.68 bits per heavy atom. The number of ether oxygens (including phenoxy) is 1. The van der Waals surface area contributed by atoms with Gasteiger partial charge in [-0.05, 0) is 17.7 Å². The number of hydrogen-bond donors (Lipinski definition) is 0. The molecule has 0 aliphatic carbocycles. The van der Waals surface area contributed by atoms with E-state index in [2.05, 4.69) is 4.98 Å². The van der Waals surface area contributed by atoms with Gasteiger partial charge in [0, 0.05) is 32.4 Å². The molecular formula is C18H18ClN3O3. The van der Waals surface area contributed by atoms with Gasteiger partial charge in [0.15, 0.2) is 0 Å². The lowest BCUT2D eigenvalue weighted by molar-refractivity contribution is 0.0543. The van der Waals surface area contributed by atoms with E-state index in [-0.39, 0.29) is 23.8 Å². The summed E-state index contributed by atoms with van der Waals surface area (Å²) in [6.07, 6.45) is 1.18. The molecule has 1 aliphatic heterocycles. The molecule has 1 fully saturated rings. The van der Waals surface area contributed by atoms with Gasteiger partial charge in [0.1, 0.15) is 11.8 Å². The maximum atomic E-state index is 12.5. The van der Waals surface area contributed by atoms with E-state index >= 15 is 0 Å². The Labute approximate surface area is 151 Å². The standard InChI is InChI=1S/C18H18ClN3O3/c19-16-15(7-4-8-20-16)17(23)21-9-11-22(12-10-21)18(24)25-13-14-5-2-1-3-6-14/h1-8H,9-13H2. The van der Waals surface area contributed by atoms with E-state index in [1.165, 1.54) is 0 Å². The zero-order valence-electron chi connectivity index (χ0n) is 13.6. The fourth-order valence-electron chi connectivity index (χ4n) is 2.62. The fourth-order valence-corrected chi connectivity index (χ4v) is 2.82. The van der Waals surface area contributed by atoms with E-state index in [0.717, 1.165) is 5.56 Å². The van der Waals surface area contributed by atoms with Crippen LogP contribution in [0.4, 0.5) is 4.79 Å². The van der Waals surface area contributed by atoms with Crippen LogP contribution in [0, 0.1) is 0 Å². The van der Waals surface area contributed by atoms with Gasteiger partial charge in [-0.1, -0.05) is 41.9 Å². The number of carbonyl (C=O) groups is 2. The van der Waals surface area contributed by atoms with Gasteiger partial charge in [0.05, 0.1) is 5.56 Å². The monoisotopic (exact) mass is 359 g/mol. The summed E-state index contributed by atoms with van der Waals surface area (Å²) in [4.78, 5) is 31.8. The van der Waals surface area contributed by atoms with Gasteiger partial charge in [-0.3, -0.25) is 4.79 Å². The third kappa shape index (κ3) is 4.28. The minimum absolute atomic E-state index is 0.171. The Morgan fingerprint density at radius 3 is 2.36 bits per heavy atom. The van der Waals surface area contributed by atoms with Crippen molar-refractivity contribution >= 4 is 23.6 Å². The van der Waals surface area contributed by atoms with Crippen LogP contribution in [0.5, 0.6) is 0 Å². The van der Waals surface area contributed by atoms with E-state index in [4.69, 9.17) is 16.3 Å². The zero-order valence-corrected chi connectivity index (χ0v) is 14.4. The first kappa shape index (κ1) is 17.2. The fraction of sp³-hybridized carbons (Fsp3) is 0.278. The maximum absolute atomic E-state index is 12.5. The molecule has 2 amide bonds. The molecule has 2 heterocycles. The second-order valence-corrected chi connectivity index (χ2v) is 6.02. The topological polar surface area (TPSA) is 62.7 Å². The van der Waals surface area contributed by atoms with Gasteiger partial charge in [0.2, 0.25) is 0 Å². The molecule has 0 radical (unpaired) electrons. The predicted octanol–water partition coefficient (Wildman–Crippen LogP) is 2.83. The van der Waals surface area contributed by atoms with E-state index in [1.807, 2.05) is 30.3 Å². The van der Waals surface area contributed by atoms with Crippen LogP contribution in [-0.2, 0) is 11.3 Å². The summed E-state index contributed by atoms with van der Waals surface area (Å²) >= 11 is 5.97. The van der Waals surface area contributed by atoms with Gasteiger partial charge in [-0.25, -0.2) is 9.78 Å². The molecule has 0 unspecified atom stereocenters. The summed E-state index contributed by atoms with van der Waals surface area (Å²) in [7, 11) is 0. The average molecular weight is 360 g/mol. The summed E-state index contributed by atoms with van der Waals surface area (Å²) in [5.41, 5.74) is 1.32. The molecule has 1 aromatic heterocycles. The Morgan fingerprint density at radius 1 is 1.00 bits per heavy atom. The molecule has 25 heavy (non-hydrogen) atoms. The van der Waals surface area contributed by atoms with Gasteiger partial charge >= 0.3 is 6.09 Å². The largest absolute Gasteiger partial charge is 0.445 e. The number of aromatic nitrogens is 1. The molecule has 0 atom stereocenters. The van der Waals surface area contributed by atoms with Crippen LogP contribution in [0.15, 0.2) is 48.7 Å². The smallest absolute Gasteiger partial charge is 0.410 e. The molecule has 3 rings (SSSR count). The van der Waals surface area contributed by atoms with Crippen LogP contribution in [0.25, 0.3) is 0 Å². The van der Waals surface area contributed by atoms with Gasteiger partial charge in [-0.2, -0.15) is 0 Å². The van der Waals surface area contributed by atoms with Crippen molar-refractivity contribution < 1.29 is 14.3 Å². The van der Waals surface area contributed by atoms with Crippen molar-refractivity contribution in [1.29, 1.82) is 0 Å². The number of nitrogens with zero attached hydrogens (tertiary/aromatic N) is 3. The SMILES string of the molecule is O=C(OCc1ccccc1)N1CCN(C(=O)c2cccnc2Cl)CC1. The first-order valence-corrected chi connectivity index (χ1v) is 8.38. The molecule has 0 N–H and O–H groups in total. The van der Waals surface area contributed by atoms with Crippen LogP contribution in [0.3, 0.4) is 0 Å². The Balaban J connectivity index is 1.50. The molecule has 0 bridgehead atoms. The van der Waals surface area contributed by atoms with E-state index < -0.39 is 0 Å². The minimum Gasteiger partial charge on any atom is -0.445 e. The van der Waals surface area contributed by atoms with Crippen LogP contribution < -0.4 is 0 Å². The van der Waals surface area contributed by atoms with Gasteiger partial charge < -0.3 is 14.5 Å². The lowest BCUT2D eigenvalue weighted by atomic mass is 10.2. The van der Waals surface area contributed by atoms with Crippen molar-refractivity contribution in [1.82, 2.24) is 14.8 Å². The zero-order chi connectivity index (χ0) is 17.6. The highest BCUT2D eigenvalue weighted by atomic mass is 35.5. The highest BCUT2D eigenvalue weighted by molar-refractivity contribution is 6.32. The maximum Gasteiger partial charge on any atom is 0.410 e. The second-order valence-electron chi connectivity index (χ2n) is 5.66. The molecule has 130 valence electrons. The highest BCUT2D eigenvalue weighted by Crippen LogP contribution is 2.16. The van der Waals surface area contributed by atoms with E-state index in [1.54, 1.807) is 28.1 Å². The lowest BCUT2D eigenvalue weighted by Gasteiger charge is -2.34. The molecule has 7 heteroatoms. The Kier molecular flexibility index (Phi) is 5.50. The van der Waals surface area contributed by atoms with Crippen molar-refractivity contribution in [2.24, 2.45) is 0 Å². The Bertz CT molecular complexity index is 746. The van der Waals surface area contributed by atoms with Crippen molar-refractivity contribution in [2.45, 2.75) is 6.61 Å². The predicted molar refractivity (Wildman–Crippen MR) is 93.4 cm³/mol. The number of rotatable bonds is 3. The van der Waals surface area contributed by atoms with E-state index in [0.29, 0.717) is 31.7 Å². The molecule has 0 spiro atoms. The summed E-state index contributed by atoms with van der Waals surface area (Å²) in [5.74, 6) is -0.171. The van der Waals surface area contributed by atoms with Gasteiger partial charge in [-0.15, -0.1) is 0 Å². The third-order valence-corrected chi connectivity index (χ3v) is 4.32. The molecule has 1 saturated heterocycles. The molecule has 6 nitrogen and oxygen atoms in total. The quantitative estimate of drug-likeness (QED) is 0.790. The van der Waals surface area contributed by atoms with Crippen molar-refractivity contribution in [2.75, 3.05) is 26.2 Å². The Hall–Kier alpha value is -2.60. The number of carbonyl (C=O) groups excluding carboxylic acids is 2. The van der Waals surface area contributed by atoms with Crippen LogP contribution in [-0.4, -0.2) is 53.0 Å². The van der Waals surface area contributed by atoms with Gasteiger partial charge in [0.25, 0.3) is 5.91 Å². The van der Waals surface area contributed by atoms with Crippen LogP contribution in [0.1, 0.15) is 15.9 Å². The molecule has 1 aliphatic rings. The number of pyridine rings is 1. The highest BCUT2D eigenvalue weighted by Gasteiger charge is 2.26. The minimum atomic E-state index is -0.365. The number of amides is 2. The number of benzene rings is 1. The number of halogens is 1. The van der Waals surface area contributed by atoms with Crippen molar-refractivity contribution in [3.8, 4) is 0 Å². The summed E-state index contributed by atoms with van der Waals surface area (Å²) in [5, 5.41) is 0.192. The molecule has 1 aromatic carbocycles. The first-order chi connectivity index (χ1) is 12.1. The molecule has 2 aromatic rings. The first-order valence-electron chi connectivity index (χ1n) is 8.00. The summed E-state index contributed by atoms with van der Waals surface area (Å²) in [6.45, 7) is 1.97. The molecular weight excluding hydrogens is 342 g/mol. The summed E-state index contributed by atoms with van der Waals surface area (Å²) < 4.78 is 5.32. The number of piperazine rings is 1. The number of hydrogen-bond acceptors (Lipinski definition) is 4. The lowest BCUT2D eigenvalue weighted by Crippen LogP contribution is -2.50. The van der Waals surface area contributed by atoms with E-state index in [9.17, 15) is 9.59 Å². The van der Waals surface area contributed by atoms with Crippen molar-refractivity contribution in [3.05, 3.63) is 64.9 Å². The molecule has 0 saturated carbocycles. The van der Waals surface area contributed by atoms with Crippen LogP contribution >= 0.6 is 11.6 Å². The third-order valence-electron chi connectivity index (χ3n) is 4.02. The normalized spacial score (nSPS) is 14.3. The average Bonchev–Trinajstić information content (AvgIpc) is 2.67. The van der Waals surface area contributed by atoms with Crippen LogP contribution in [0.2, 0.25) is 5.15 Å². The van der Waals surface area contributed by atoms with Crippen molar-refractivity contribution in [3.63, 3.8) is 0 Å². The second kappa shape index (κ2) is 7.98.